The van der Waals surface area contributed by atoms with Crippen LogP contribution in [0.4, 0.5) is 4.39 Å². The molecule has 1 aromatic carbocycles. The summed E-state index contributed by atoms with van der Waals surface area (Å²) < 4.78 is 19.5. The van der Waals surface area contributed by atoms with Crippen LogP contribution in [0.15, 0.2) is 18.2 Å². The smallest absolute Gasteiger partial charge is 0.137 e. The maximum atomic E-state index is 14.2. The molecule has 0 amide bonds. The summed E-state index contributed by atoms with van der Waals surface area (Å²) in [4.78, 5) is 5.83. The van der Waals surface area contributed by atoms with Gasteiger partial charge in [-0.2, -0.15) is 0 Å². The standard InChI is InChI=1S/C16H21FN2OS/c1-16(2,3)14-12(9-18-4)21-15(19-14)13-10(17)7-6-8-11(13)20-5/h6-8,18H,9H2,1-5H3. The lowest BCUT2D eigenvalue weighted by Gasteiger charge is -2.17. The maximum Gasteiger partial charge on any atom is 0.137 e. The second kappa shape index (κ2) is 6.12. The van der Waals surface area contributed by atoms with E-state index in [-0.39, 0.29) is 11.2 Å². The van der Waals surface area contributed by atoms with Crippen molar-refractivity contribution in [1.82, 2.24) is 10.3 Å². The third-order valence-electron chi connectivity index (χ3n) is 3.15. The maximum absolute atomic E-state index is 14.2. The van der Waals surface area contributed by atoms with Crippen molar-refractivity contribution in [2.75, 3.05) is 14.2 Å². The SMILES string of the molecule is CNCc1sc(-c2c(F)cccc2OC)nc1C(C)(C)C. The van der Waals surface area contributed by atoms with Crippen molar-refractivity contribution in [2.45, 2.75) is 32.7 Å². The van der Waals surface area contributed by atoms with Crippen molar-refractivity contribution in [3.63, 3.8) is 0 Å². The molecular weight excluding hydrogens is 287 g/mol. The van der Waals surface area contributed by atoms with E-state index in [1.807, 2.05) is 7.05 Å². The van der Waals surface area contributed by atoms with Crippen LogP contribution in [0.25, 0.3) is 10.6 Å². The van der Waals surface area contributed by atoms with Crippen LogP contribution in [0.3, 0.4) is 0 Å². The van der Waals surface area contributed by atoms with E-state index in [1.54, 1.807) is 19.2 Å². The number of benzene rings is 1. The van der Waals surface area contributed by atoms with E-state index in [1.165, 1.54) is 17.4 Å². The Morgan fingerprint density at radius 2 is 2.05 bits per heavy atom. The molecule has 0 atom stereocenters. The highest BCUT2D eigenvalue weighted by molar-refractivity contribution is 7.15. The van der Waals surface area contributed by atoms with E-state index in [0.29, 0.717) is 16.3 Å². The molecule has 0 spiro atoms. The van der Waals surface area contributed by atoms with Gasteiger partial charge in [-0.05, 0) is 19.2 Å². The molecular formula is C16H21FN2OS. The first-order valence-corrected chi connectivity index (χ1v) is 7.67. The van der Waals surface area contributed by atoms with Crippen molar-refractivity contribution in [3.05, 3.63) is 34.6 Å². The number of nitrogens with one attached hydrogen (secondary N) is 1. The summed E-state index contributed by atoms with van der Waals surface area (Å²) in [5.74, 6) is 0.208. The molecule has 0 saturated heterocycles. The summed E-state index contributed by atoms with van der Waals surface area (Å²) in [5.41, 5.74) is 1.36. The second-order valence-electron chi connectivity index (χ2n) is 5.89. The number of rotatable bonds is 4. The molecule has 3 nitrogen and oxygen atoms in total. The van der Waals surface area contributed by atoms with Gasteiger partial charge in [0.05, 0.1) is 18.4 Å². The monoisotopic (exact) mass is 308 g/mol. The predicted molar refractivity (Wildman–Crippen MR) is 85.5 cm³/mol. The van der Waals surface area contributed by atoms with Crippen LogP contribution in [0.1, 0.15) is 31.3 Å². The predicted octanol–water partition coefficient (Wildman–Crippen LogP) is 3.97. The van der Waals surface area contributed by atoms with E-state index < -0.39 is 0 Å². The first-order valence-electron chi connectivity index (χ1n) is 6.86. The van der Waals surface area contributed by atoms with E-state index in [4.69, 9.17) is 9.72 Å². The van der Waals surface area contributed by atoms with Crippen molar-refractivity contribution >= 4 is 11.3 Å². The molecule has 0 aliphatic heterocycles. The fraction of sp³-hybridized carbons (Fsp3) is 0.438. The number of nitrogens with zero attached hydrogens (tertiary/aromatic N) is 1. The molecule has 0 aliphatic carbocycles. The Bertz CT molecular complexity index is 632. The highest BCUT2D eigenvalue weighted by Crippen LogP contribution is 2.39. The zero-order valence-electron chi connectivity index (χ0n) is 13.1. The molecule has 2 rings (SSSR count). The average Bonchev–Trinajstić information content (AvgIpc) is 2.82. The summed E-state index contributed by atoms with van der Waals surface area (Å²) in [7, 11) is 3.45. The van der Waals surface area contributed by atoms with Crippen LogP contribution in [0, 0.1) is 5.82 Å². The minimum atomic E-state index is -0.306. The number of ether oxygens (including phenoxy) is 1. The third kappa shape index (κ3) is 3.24. The molecule has 0 aliphatic rings. The second-order valence-corrected chi connectivity index (χ2v) is 6.97. The number of halogens is 1. The molecule has 0 fully saturated rings. The molecule has 0 unspecified atom stereocenters. The Morgan fingerprint density at radius 1 is 1.33 bits per heavy atom. The van der Waals surface area contributed by atoms with Crippen LogP contribution in [0.2, 0.25) is 0 Å². The molecule has 1 aromatic heterocycles. The summed E-state index contributed by atoms with van der Waals surface area (Å²) >= 11 is 1.51. The van der Waals surface area contributed by atoms with Gasteiger partial charge in [0.2, 0.25) is 0 Å². The van der Waals surface area contributed by atoms with Gasteiger partial charge in [-0.15, -0.1) is 11.3 Å². The van der Waals surface area contributed by atoms with Crippen LogP contribution < -0.4 is 10.1 Å². The van der Waals surface area contributed by atoms with E-state index in [0.717, 1.165) is 17.1 Å². The topological polar surface area (TPSA) is 34.1 Å². The largest absolute Gasteiger partial charge is 0.496 e. The summed E-state index contributed by atoms with van der Waals surface area (Å²) in [6.07, 6.45) is 0. The van der Waals surface area contributed by atoms with Gasteiger partial charge in [-0.25, -0.2) is 9.37 Å². The van der Waals surface area contributed by atoms with Crippen LogP contribution in [0.5, 0.6) is 5.75 Å². The van der Waals surface area contributed by atoms with Crippen LogP contribution in [-0.2, 0) is 12.0 Å². The van der Waals surface area contributed by atoms with Gasteiger partial charge in [0.25, 0.3) is 0 Å². The van der Waals surface area contributed by atoms with Gasteiger partial charge in [0.1, 0.15) is 16.6 Å². The Hall–Kier alpha value is -1.46. The number of thiazole rings is 1. The minimum absolute atomic E-state index is 0.0839. The quantitative estimate of drug-likeness (QED) is 0.928. The zero-order chi connectivity index (χ0) is 15.6. The lowest BCUT2D eigenvalue weighted by molar-refractivity contribution is 0.413. The van der Waals surface area contributed by atoms with Gasteiger partial charge in [-0.3, -0.25) is 0 Å². The first kappa shape index (κ1) is 15.9. The van der Waals surface area contributed by atoms with Gasteiger partial charge in [0, 0.05) is 16.8 Å². The van der Waals surface area contributed by atoms with Crippen molar-refractivity contribution < 1.29 is 9.13 Å². The van der Waals surface area contributed by atoms with Crippen molar-refractivity contribution in [3.8, 4) is 16.3 Å². The van der Waals surface area contributed by atoms with Gasteiger partial charge in [-0.1, -0.05) is 26.8 Å². The van der Waals surface area contributed by atoms with Crippen LogP contribution in [-0.4, -0.2) is 19.1 Å². The van der Waals surface area contributed by atoms with Crippen molar-refractivity contribution in [2.24, 2.45) is 0 Å². The molecule has 114 valence electrons. The van der Waals surface area contributed by atoms with Gasteiger partial charge < -0.3 is 10.1 Å². The lowest BCUT2D eigenvalue weighted by atomic mass is 9.91. The van der Waals surface area contributed by atoms with E-state index in [2.05, 4.69) is 26.1 Å². The Balaban J connectivity index is 2.61. The first-order chi connectivity index (χ1) is 9.88. The van der Waals surface area contributed by atoms with E-state index in [9.17, 15) is 4.39 Å². The van der Waals surface area contributed by atoms with Crippen molar-refractivity contribution in [1.29, 1.82) is 0 Å². The Labute approximate surface area is 129 Å². The molecule has 1 N–H and O–H groups in total. The summed E-state index contributed by atoms with van der Waals surface area (Å²) in [5, 5.41) is 3.82. The summed E-state index contributed by atoms with van der Waals surface area (Å²) in [6, 6.07) is 4.84. The Morgan fingerprint density at radius 3 is 2.62 bits per heavy atom. The molecule has 5 heteroatoms. The number of hydrogen-bond acceptors (Lipinski definition) is 4. The van der Waals surface area contributed by atoms with Gasteiger partial charge >= 0.3 is 0 Å². The molecule has 0 radical (unpaired) electrons. The van der Waals surface area contributed by atoms with Crippen LogP contribution >= 0.6 is 11.3 Å². The number of methoxy groups -OCH3 is 1. The molecule has 0 bridgehead atoms. The number of hydrogen-bond donors (Lipinski definition) is 1. The summed E-state index contributed by atoms with van der Waals surface area (Å²) in [6.45, 7) is 7.07. The van der Waals surface area contributed by atoms with Gasteiger partial charge in [0.15, 0.2) is 0 Å². The molecule has 21 heavy (non-hydrogen) atoms. The molecule has 2 aromatic rings. The minimum Gasteiger partial charge on any atom is -0.496 e. The fourth-order valence-electron chi connectivity index (χ4n) is 2.21. The highest BCUT2D eigenvalue weighted by atomic mass is 32.1. The number of aromatic nitrogens is 1. The van der Waals surface area contributed by atoms with E-state index >= 15 is 0 Å². The third-order valence-corrected chi connectivity index (χ3v) is 4.23. The fourth-order valence-corrected chi connectivity index (χ4v) is 3.54. The average molecular weight is 308 g/mol. The molecule has 1 heterocycles. The lowest BCUT2D eigenvalue weighted by Crippen LogP contribution is -2.16. The Kier molecular flexibility index (Phi) is 4.64. The normalized spacial score (nSPS) is 11.7. The highest BCUT2D eigenvalue weighted by Gasteiger charge is 2.25. The zero-order valence-corrected chi connectivity index (χ0v) is 13.9. The molecule has 0 saturated carbocycles.